The summed E-state index contributed by atoms with van der Waals surface area (Å²) in [5.74, 6) is 1.37. The summed E-state index contributed by atoms with van der Waals surface area (Å²) < 4.78 is 5.68. The van der Waals surface area contributed by atoms with Crippen molar-refractivity contribution in [2.75, 3.05) is 26.2 Å². The predicted molar refractivity (Wildman–Crippen MR) is 83.3 cm³/mol. The van der Waals surface area contributed by atoms with Crippen molar-refractivity contribution in [3.05, 3.63) is 24.3 Å². The summed E-state index contributed by atoms with van der Waals surface area (Å²) in [6.45, 7) is 10.2. The topological polar surface area (TPSA) is 52.9 Å². The molecular weight excluding hydrogens is 253 g/mol. The molecule has 0 spiro atoms. The van der Waals surface area contributed by atoms with Crippen LogP contribution in [-0.4, -0.2) is 48.3 Å². The van der Waals surface area contributed by atoms with Crippen molar-refractivity contribution in [2.45, 2.75) is 27.2 Å². The van der Waals surface area contributed by atoms with E-state index < -0.39 is 7.12 Å². The molecule has 0 aliphatic rings. The van der Waals surface area contributed by atoms with Crippen LogP contribution in [0.4, 0.5) is 0 Å². The van der Waals surface area contributed by atoms with Crippen molar-refractivity contribution in [1.82, 2.24) is 4.90 Å². The van der Waals surface area contributed by atoms with Gasteiger partial charge in [0.1, 0.15) is 12.4 Å². The highest BCUT2D eigenvalue weighted by Gasteiger charge is 2.11. The van der Waals surface area contributed by atoms with Crippen LogP contribution in [0.2, 0.25) is 0 Å². The van der Waals surface area contributed by atoms with Gasteiger partial charge in [0.15, 0.2) is 0 Å². The molecule has 0 saturated carbocycles. The van der Waals surface area contributed by atoms with Crippen molar-refractivity contribution in [3.8, 4) is 5.75 Å². The van der Waals surface area contributed by atoms with Crippen LogP contribution in [-0.2, 0) is 0 Å². The summed E-state index contributed by atoms with van der Waals surface area (Å²) in [6, 6.07) is 6.92. The van der Waals surface area contributed by atoms with Gasteiger partial charge in [0.2, 0.25) is 0 Å². The minimum absolute atomic E-state index is 0.453. The highest BCUT2D eigenvalue weighted by molar-refractivity contribution is 6.58. The first-order valence-electron chi connectivity index (χ1n) is 7.38. The van der Waals surface area contributed by atoms with Gasteiger partial charge in [-0.2, -0.15) is 0 Å². The van der Waals surface area contributed by atoms with E-state index in [0.717, 1.165) is 19.6 Å². The van der Waals surface area contributed by atoms with Crippen LogP contribution >= 0.6 is 0 Å². The van der Waals surface area contributed by atoms with Crippen LogP contribution in [0, 0.1) is 5.92 Å². The number of rotatable bonds is 9. The largest absolute Gasteiger partial charge is 0.492 e. The lowest BCUT2D eigenvalue weighted by Gasteiger charge is -2.23. The lowest BCUT2D eigenvalue weighted by atomic mass is 9.80. The van der Waals surface area contributed by atoms with Crippen LogP contribution in [0.15, 0.2) is 24.3 Å². The Bertz CT molecular complexity index is 387. The predicted octanol–water partition coefficient (Wildman–Crippen LogP) is 1.11. The van der Waals surface area contributed by atoms with Crippen LogP contribution < -0.4 is 10.2 Å². The van der Waals surface area contributed by atoms with Gasteiger partial charge < -0.3 is 14.8 Å². The summed E-state index contributed by atoms with van der Waals surface area (Å²) in [5.41, 5.74) is 0.453. The van der Waals surface area contributed by atoms with Gasteiger partial charge in [0.25, 0.3) is 0 Å². The fraction of sp³-hybridized carbons (Fsp3) is 0.600. The fourth-order valence-electron chi connectivity index (χ4n) is 2.01. The Labute approximate surface area is 122 Å². The summed E-state index contributed by atoms with van der Waals surface area (Å²) in [4.78, 5) is 2.37. The molecule has 20 heavy (non-hydrogen) atoms. The molecule has 1 atom stereocenters. The van der Waals surface area contributed by atoms with Gasteiger partial charge in [0, 0.05) is 13.1 Å². The van der Waals surface area contributed by atoms with Gasteiger partial charge in [-0.15, -0.1) is 0 Å². The van der Waals surface area contributed by atoms with E-state index in [9.17, 15) is 0 Å². The Morgan fingerprint density at radius 3 is 2.65 bits per heavy atom. The first-order valence-corrected chi connectivity index (χ1v) is 7.38. The monoisotopic (exact) mass is 279 g/mol. The molecule has 2 N–H and O–H groups in total. The van der Waals surface area contributed by atoms with Gasteiger partial charge in [0.05, 0.1) is 0 Å². The summed E-state index contributed by atoms with van der Waals surface area (Å²) >= 11 is 0. The Balaban J connectivity index is 2.40. The Kier molecular flexibility index (Phi) is 7.66. The van der Waals surface area contributed by atoms with Crippen molar-refractivity contribution in [3.63, 3.8) is 0 Å². The van der Waals surface area contributed by atoms with E-state index in [-0.39, 0.29) is 0 Å². The molecule has 112 valence electrons. The third-order valence-corrected chi connectivity index (χ3v) is 3.55. The van der Waals surface area contributed by atoms with Gasteiger partial charge in [-0.25, -0.2) is 0 Å². The Morgan fingerprint density at radius 2 is 2.05 bits per heavy atom. The lowest BCUT2D eigenvalue weighted by Crippen LogP contribution is -2.32. The maximum atomic E-state index is 9.12. The molecule has 1 unspecified atom stereocenters. The third kappa shape index (κ3) is 5.95. The average Bonchev–Trinajstić information content (AvgIpc) is 2.46. The molecule has 0 bridgehead atoms. The maximum Gasteiger partial charge on any atom is 0.488 e. The molecule has 0 saturated heterocycles. The lowest BCUT2D eigenvalue weighted by molar-refractivity contribution is 0.194. The van der Waals surface area contributed by atoms with Crippen molar-refractivity contribution < 1.29 is 14.8 Å². The van der Waals surface area contributed by atoms with E-state index in [2.05, 4.69) is 25.7 Å². The zero-order valence-electron chi connectivity index (χ0n) is 12.7. The average molecular weight is 279 g/mol. The van der Waals surface area contributed by atoms with E-state index in [4.69, 9.17) is 14.8 Å². The van der Waals surface area contributed by atoms with E-state index in [1.165, 1.54) is 6.42 Å². The van der Waals surface area contributed by atoms with E-state index >= 15 is 0 Å². The number of likely N-dealkylation sites (N-methyl/N-ethyl adjacent to an activating group) is 1. The van der Waals surface area contributed by atoms with Crippen molar-refractivity contribution in [1.29, 1.82) is 0 Å². The summed E-state index contributed by atoms with van der Waals surface area (Å²) in [7, 11) is -1.45. The minimum atomic E-state index is -1.45. The number of benzene rings is 1. The second-order valence-electron chi connectivity index (χ2n) is 5.20. The second-order valence-corrected chi connectivity index (χ2v) is 5.20. The van der Waals surface area contributed by atoms with Crippen molar-refractivity contribution in [2.24, 2.45) is 5.92 Å². The number of hydrogen-bond acceptors (Lipinski definition) is 4. The zero-order valence-corrected chi connectivity index (χ0v) is 12.7. The van der Waals surface area contributed by atoms with Crippen LogP contribution in [0.5, 0.6) is 5.75 Å². The first kappa shape index (κ1) is 17.0. The molecule has 1 rings (SSSR count). The number of ether oxygens (including phenoxy) is 1. The molecule has 0 fully saturated rings. The third-order valence-electron chi connectivity index (χ3n) is 3.55. The Hall–Kier alpha value is -1.04. The van der Waals surface area contributed by atoms with E-state index in [1.54, 1.807) is 18.2 Å². The van der Waals surface area contributed by atoms with Gasteiger partial charge in [-0.05, 0) is 30.1 Å². The second kappa shape index (κ2) is 9.00. The van der Waals surface area contributed by atoms with E-state index in [0.29, 0.717) is 23.7 Å². The zero-order chi connectivity index (χ0) is 15.0. The normalized spacial score (nSPS) is 12.5. The van der Waals surface area contributed by atoms with Crippen LogP contribution in [0.1, 0.15) is 27.2 Å². The van der Waals surface area contributed by atoms with Crippen LogP contribution in [0.25, 0.3) is 0 Å². The quantitative estimate of drug-likeness (QED) is 0.665. The standard InChI is InChI=1S/C15H26BNO3/c1-4-13(3)12-17(5-2)9-10-20-15-8-6-7-14(11-15)16(18)19/h6-8,11,13,18-19H,4-5,9-10,12H2,1-3H3. The molecular formula is C15H26BNO3. The molecule has 0 aromatic heterocycles. The Morgan fingerprint density at radius 1 is 1.30 bits per heavy atom. The smallest absolute Gasteiger partial charge is 0.488 e. The van der Waals surface area contributed by atoms with Crippen molar-refractivity contribution >= 4 is 12.6 Å². The van der Waals surface area contributed by atoms with Gasteiger partial charge in [-0.1, -0.05) is 39.3 Å². The van der Waals surface area contributed by atoms with Gasteiger partial charge >= 0.3 is 7.12 Å². The molecule has 0 amide bonds. The summed E-state index contributed by atoms with van der Waals surface area (Å²) in [6.07, 6.45) is 1.19. The highest BCUT2D eigenvalue weighted by atomic mass is 16.5. The van der Waals surface area contributed by atoms with Crippen LogP contribution in [0.3, 0.4) is 0 Å². The van der Waals surface area contributed by atoms with E-state index in [1.807, 2.05) is 6.07 Å². The fourth-order valence-corrected chi connectivity index (χ4v) is 2.01. The molecule has 0 radical (unpaired) electrons. The molecule has 4 nitrogen and oxygen atoms in total. The first-order chi connectivity index (χ1) is 9.56. The SMILES string of the molecule is CCC(C)CN(CC)CCOc1cccc(B(O)O)c1. The maximum absolute atomic E-state index is 9.12. The molecule has 0 heterocycles. The molecule has 5 heteroatoms. The summed E-state index contributed by atoms with van der Waals surface area (Å²) in [5, 5.41) is 18.2. The minimum Gasteiger partial charge on any atom is -0.492 e. The highest BCUT2D eigenvalue weighted by Crippen LogP contribution is 2.08. The number of hydrogen-bond donors (Lipinski definition) is 2. The molecule has 1 aromatic rings. The molecule has 0 aliphatic carbocycles. The molecule has 1 aromatic carbocycles. The van der Waals surface area contributed by atoms with Gasteiger partial charge in [-0.3, -0.25) is 4.90 Å². The molecule has 0 aliphatic heterocycles. The number of nitrogens with zero attached hydrogens (tertiary/aromatic N) is 1.